The van der Waals surface area contributed by atoms with Crippen molar-refractivity contribution in [3.8, 4) is 0 Å². The van der Waals surface area contributed by atoms with Gasteiger partial charge in [-0.3, -0.25) is 0 Å². The molecule has 0 radical (unpaired) electrons. The highest BCUT2D eigenvalue weighted by Gasteiger charge is 2.29. The highest BCUT2D eigenvalue weighted by atomic mass is 79.9. The Labute approximate surface area is 311 Å². The summed E-state index contributed by atoms with van der Waals surface area (Å²) in [4.78, 5) is 0. The van der Waals surface area contributed by atoms with E-state index in [1.807, 2.05) is 0 Å². The highest BCUT2D eigenvalue weighted by molar-refractivity contribution is 9.09. The number of allylic oxidation sites excluding steroid dienone is 4. The standard InChI is InChI=1S/C43H83BrO3Si/c1-4-5-6-7-8-9-10-11-12-13-14-17-20-23-31-38-43(47-48(2,3)46-41-34-26-24-32-39-44)45-40-33-25-21-18-15-16-19-22-28-35-42-36-29-27-30-37-42/h8-9,11-12,42-43H,4-7,10,13-41H2,1-3H3/b9-8-,12-11-. The zero-order valence-electron chi connectivity index (χ0n) is 32.6. The van der Waals surface area contributed by atoms with Crippen LogP contribution < -0.4 is 0 Å². The second-order valence-corrected chi connectivity index (χ2v) is 19.4. The molecule has 3 nitrogen and oxygen atoms in total. The Hall–Kier alpha value is 0.0569. The van der Waals surface area contributed by atoms with Crippen LogP contribution in [0.25, 0.3) is 0 Å². The Bertz CT molecular complexity index is 706. The first-order chi connectivity index (χ1) is 23.6. The van der Waals surface area contributed by atoms with Crippen LogP contribution in [0.5, 0.6) is 0 Å². The van der Waals surface area contributed by atoms with Crippen LogP contribution in [0.2, 0.25) is 13.1 Å². The first-order valence-electron chi connectivity index (χ1n) is 21.4. The second kappa shape index (κ2) is 35.5. The number of alkyl halides is 1. The van der Waals surface area contributed by atoms with Crippen LogP contribution in [0.3, 0.4) is 0 Å². The normalized spacial score (nSPS) is 15.3. The lowest BCUT2D eigenvalue weighted by Gasteiger charge is -2.29. The van der Waals surface area contributed by atoms with Gasteiger partial charge < -0.3 is 13.6 Å². The summed E-state index contributed by atoms with van der Waals surface area (Å²) in [6.07, 6.45) is 50.5. The molecule has 1 saturated carbocycles. The lowest BCUT2D eigenvalue weighted by Crippen LogP contribution is -2.40. The Morgan fingerprint density at radius 1 is 0.604 bits per heavy atom. The van der Waals surface area contributed by atoms with Crippen molar-refractivity contribution in [3.63, 3.8) is 0 Å². The minimum atomic E-state index is -2.20. The van der Waals surface area contributed by atoms with E-state index >= 15 is 0 Å². The van der Waals surface area contributed by atoms with E-state index in [1.165, 1.54) is 173 Å². The molecule has 5 heteroatoms. The molecule has 0 N–H and O–H groups in total. The lowest BCUT2D eigenvalue weighted by molar-refractivity contribution is -0.104. The first-order valence-corrected chi connectivity index (χ1v) is 25.3. The first kappa shape index (κ1) is 46.1. The van der Waals surface area contributed by atoms with Crippen molar-refractivity contribution in [1.82, 2.24) is 0 Å². The van der Waals surface area contributed by atoms with Crippen molar-refractivity contribution in [1.29, 1.82) is 0 Å². The van der Waals surface area contributed by atoms with Crippen molar-refractivity contribution < 1.29 is 13.6 Å². The molecule has 0 heterocycles. The van der Waals surface area contributed by atoms with E-state index in [0.717, 1.165) is 50.1 Å². The number of halogens is 1. The highest BCUT2D eigenvalue weighted by Crippen LogP contribution is 2.28. The van der Waals surface area contributed by atoms with E-state index in [1.54, 1.807) is 0 Å². The number of hydrogen-bond donors (Lipinski definition) is 0. The summed E-state index contributed by atoms with van der Waals surface area (Å²) < 4.78 is 19.3. The molecule has 0 aromatic carbocycles. The van der Waals surface area contributed by atoms with Crippen molar-refractivity contribution in [3.05, 3.63) is 24.3 Å². The molecule has 0 aliphatic heterocycles. The van der Waals surface area contributed by atoms with Crippen LogP contribution in [0.1, 0.15) is 206 Å². The fraction of sp³-hybridized carbons (Fsp3) is 0.907. The van der Waals surface area contributed by atoms with Gasteiger partial charge in [0.05, 0.1) is 0 Å². The average Bonchev–Trinajstić information content (AvgIpc) is 3.08. The molecule has 1 fully saturated rings. The molecule has 0 amide bonds. The van der Waals surface area contributed by atoms with Gasteiger partial charge in [-0.15, -0.1) is 0 Å². The fourth-order valence-electron chi connectivity index (χ4n) is 6.98. The minimum Gasteiger partial charge on any atom is -0.394 e. The molecule has 1 atom stereocenters. The molecule has 284 valence electrons. The van der Waals surface area contributed by atoms with Crippen LogP contribution in [-0.2, 0) is 13.6 Å². The second-order valence-electron chi connectivity index (χ2n) is 15.3. The van der Waals surface area contributed by atoms with E-state index < -0.39 is 8.56 Å². The Morgan fingerprint density at radius 2 is 1.15 bits per heavy atom. The lowest BCUT2D eigenvalue weighted by atomic mass is 9.85. The predicted octanol–water partition coefficient (Wildman–Crippen LogP) is 15.3. The van der Waals surface area contributed by atoms with Gasteiger partial charge in [-0.05, 0) is 83.2 Å². The van der Waals surface area contributed by atoms with Gasteiger partial charge in [0.15, 0.2) is 0 Å². The van der Waals surface area contributed by atoms with Crippen LogP contribution in [-0.4, -0.2) is 33.4 Å². The SMILES string of the molecule is CCCCC/C=C\C/C=C\CCCCCCCC(OCCCCCCCCCCCC1CCCCC1)O[Si](C)(C)OCCCCCCBr. The fourth-order valence-corrected chi connectivity index (χ4v) is 8.90. The van der Waals surface area contributed by atoms with E-state index in [-0.39, 0.29) is 6.29 Å². The summed E-state index contributed by atoms with van der Waals surface area (Å²) in [6, 6.07) is 0. The topological polar surface area (TPSA) is 27.7 Å². The summed E-state index contributed by atoms with van der Waals surface area (Å²) >= 11 is 3.54. The summed E-state index contributed by atoms with van der Waals surface area (Å²) in [5.41, 5.74) is 0. The molecule has 1 unspecified atom stereocenters. The number of rotatable bonds is 36. The number of hydrogen-bond acceptors (Lipinski definition) is 3. The monoisotopic (exact) mass is 755 g/mol. The van der Waals surface area contributed by atoms with Gasteiger partial charge in [-0.25, -0.2) is 0 Å². The predicted molar refractivity (Wildman–Crippen MR) is 219 cm³/mol. The summed E-state index contributed by atoms with van der Waals surface area (Å²) in [5, 5.41) is 1.10. The van der Waals surface area contributed by atoms with Gasteiger partial charge in [0.25, 0.3) is 0 Å². The van der Waals surface area contributed by atoms with Gasteiger partial charge in [-0.1, -0.05) is 182 Å². The smallest absolute Gasteiger partial charge is 0.333 e. The molecule has 48 heavy (non-hydrogen) atoms. The quantitative estimate of drug-likeness (QED) is 0.0210. The van der Waals surface area contributed by atoms with Gasteiger partial charge in [0.2, 0.25) is 0 Å². The van der Waals surface area contributed by atoms with Crippen LogP contribution in [0.4, 0.5) is 0 Å². The Balaban J connectivity index is 2.18. The maximum absolute atomic E-state index is 6.59. The zero-order chi connectivity index (χ0) is 34.6. The van der Waals surface area contributed by atoms with E-state index in [9.17, 15) is 0 Å². The average molecular weight is 756 g/mol. The number of unbranched alkanes of at least 4 members (excludes halogenated alkanes) is 19. The van der Waals surface area contributed by atoms with Crippen molar-refractivity contribution in [2.24, 2.45) is 5.92 Å². The van der Waals surface area contributed by atoms with Crippen molar-refractivity contribution in [2.45, 2.75) is 225 Å². The van der Waals surface area contributed by atoms with Gasteiger partial charge >= 0.3 is 8.56 Å². The molecule has 0 aromatic rings. The molecule has 0 spiro atoms. The van der Waals surface area contributed by atoms with Crippen molar-refractivity contribution in [2.75, 3.05) is 18.5 Å². The Morgan fingerprint density at radius 3 is 1.79 bits per heavy atom. The molecular formula is C43H83BrO3Si. The van der Waals surface area contributed by atoms with E-state index in [0.29, 0.717) is 0 Å². The molecular weight excluding hydrogens is 672 g/mol. The third-order valence-corrected chi connectivity index (χ3v) is 12.4. The molecule has 1 aliphatic carbocycles. The van der Waals surface area contributed by atoms with E-state index in [2.05, 4.69) is 60.3 Å². The summed E-state index contributed by atoms with van der Waals surface area (Å²) in [7, 11) is -2.20. The molecule has 0 saturated heterocycles. The molecule has 0 bridgehead atoms. The van der Waals surface area contributed by atoms with Crippen LogP contribution >= 0.6 is 15.9 Å². The molecule has 0 aromatic heterocycles. The largest absolute Gasteiger partial charge is 0.394 e. The van der Waals surface area contributed by atoms with Crippen LogP contribution in [0.15, 0.2) is 24.3 Å². The summed E-state index contributed by atoms with van der Waals surface area (Å²) in [5.74, 6) is 1.06. The third kappa shape index (κ3) is 32.0. The van der Waals surface area contributed by atoms with Gasteiger partial charge in [-0.2, -0.15) is 0 Å². The van der Waals surface area contributed by atoms with Crippen LogP contribution in [0, 0.1) is 5.92 Å². The Kier molecular flexibility index (Phi) is 34.0. The maximum Gasteiger partial charge on any atom is 0.333 e. The maximum atomic E-state index is 6.59. The van der Waals surface area contributed by atoms with E-state index in [4.69, 9.17) is 13.6 Å². The minimum absolute atomic E-state index is 0.105. The molecule has 1 rings (SSSR count). The summed E-state index contributed by atoms with van der Waals surface area (Å²) in [6.45, 7) is 8.31. The van der Waals surface area contributed by atoms with Gasteiger partial charge in [0, 0.05) is 18.5 Å². The third-order valence-electron chi connectivity index (χ3n) is 10.1. The van der Waals surface area contributed by atoms with Gasteiger partial charge in [0.1, 0.15) is 6.29 Å². The van der Waals surface area contributed by atoms with Crippen molar-refractivity contribution >= 4 is 24.5 Å². The molecule has 1 aliphatic rings. The zero-order valence-corrected chi connectivity index (χ0v) is 35.2. The number of ether oxygens (including phenoxy) is 1.